The Morgan fingerprint density at radius 3 is 2.96 bits per heavy atom. The Morgan fingerprint density at radius 2 is 2.17 bits per heavy atom. The van der Waals surface area contributed by atoms with Crippen LogP contribution in [0.3, 0.4) is 0 Å². The van der Waals surface area contributed by atoms with E-state index in [2.05, 4.69) is 15.2 Å². The number of rotatable bonds is 5. The Morgan fingerprint density at radius 1 is 1.29 bits per heavy atom. The Hall–Kier alpha value is -1.66. The lowest BCUT2D eigenvalue weighted by atomic mass is 9.93. The van der Waals surface area contributed by atoms with Crippen molar-refractivity contribution in [3.8, 4) is 0 Å². The van der Waals surface area contributed by atoms with Crippen molar-refractivity contribution in [1.29, 1.82) is 0 Å². The molecule has 130 valence electrons. The predicted molar refractivity (Wildman–Crippen MR) is 91.7 cm³/mol. The molecule has 24 heavy (non-hydrogen) atoms. The zero-order chi connectivity index (χ0) is 16.4. The van der Waals surface area contributed by atoms with Gasteiger partial charge in [-0.25, -0.2) is 4.98 Å². The molecule has 1 N–H and O–H groups in total. The summed E-state index contributed by atoms with van der Waals surface area (Å²) in [6.07, 6.45) is 4.40. The number of hydrogen-bond acceptors (Lipinski definition) is 5. The molecule has 3 atom stereocenters. The minimum Gasteiger partial charge on any atom is -0.376 e. The second kappa shape index (κ2) is 7.07. The number of ether oxygens (including phenoxy) is 1. The van der Waals surface area contributed by atoms with Crippen LogP contribution in [-0.4, -0.2) is 72.7 Å². The first-order valence-corrected chi connectivity index (χ1v) is 9.06. The number of carbonyl (C=O) groups excluding carboxylic acids is 1. The Kier molecular flexibility index (Phi) is 4.67. The summed E-state index contributed by atoms with van der Waals surface area (Å²) in [5.74, 6) is 2.21. The fraction of sp³-hybridized carbons (Fsp3) is 0.667. The molecule has 1 aromatic heterocycles. The summed E-state index contributed by atoms with van der Waals surface area (Å²) in [5.41, 5.74) is 0. The van der Waals surface area contributed by atoms with Crippen LogP contribution in [0.1, 0.15) is 12.8 Å². The maximum atomic E-state index is 12.3. The van der Waals surface area contributed by atoms with Gasteiger partial charge in [0.25, 0.3) is 0 Å². The van der Waals surface area contributed by atoms with Crippen molar-refractivity contribution in [2.24, 2.45) is 11.8 Å². The third kappa shape index (κ3) is 3.39. The number of fused-ring (bicyclic) bond motifs is 1. The molecule has 1 amide bonds. The number of nitrogens with one attached hydrogen (secondary N) is 1. The summed E-state index contributed by atoms with van der Waals surface area (Å²) in [6, 6.07) is 5.90. The fourth-order valence-corrected chi connectivity index (χ4v) is 4.18. The van der Waals surface area contributed by atoms with Crippen molar-refractivity contribution in [2.75, 3.05) is 51.2 Å². The molecular formula is C18H26N4O2. The molecule has 3 aliphatic heterocycles. The molecule has 0 saturated carbocycles. The monoisotopic (exact) mass is 330 g/mol. The van der Waals surface area contributed by atoms with E-state index in [1.54, 1.807) is 6.20 Å². The molecule has 3 aliphatic rings. The molecular weight excluding hydrogens is 304 g/mol. The van der Waals surface area contributed by atoms with Crippen molar-refractivity contribution in [2.45, 2.75) is 18.9 Å². The largest absolute Gasteiger partial charge is 0.376 e. The van der Waals surface area contributed by atoms with Gasteiger partial charge in [-0.3, -0.25) is 9.69 Å². The second-order valence-electron chi connectivity index (χ2n) is 7.17. The van der Waals surface area contributed by atoms with E-state index in [-0.39, 0.29) is 12.0 Å². The van der Waals surface area contributed by atoms with Gasteiger partial charge in [-0.1, -0.05) is 6.07 Å². The van der Waals surface area contributed by atoms with Gasteiger partial charge in [-0.05, 0) is 25.0 Å². The molecule has 0 radical (unpaired) electrons. The van der Waals surface area contributed by atoms with Crippen LogP contribution in [-0.2, 0) is 9.53 Å². The Bertz CT molecular complexity index is 561. The highest BCUT2D eigenvalue weighted by Crippen LogP contribution is 2.33. The van der Waals surface area contributed by atoms with Crippen molar-refractivity contribution >= 4 is 11.7 Å². The third-order valence-electron chi connectivity index (χ3n) is 5.54. The van der Waals surface area contributed by atoms with E-state index in [0.29, 0.717) is 18.4 Å². The summed E-state index contributed by atoms with van der Waals surface area (Å²) in [7, 11) is 0. The van der Waals surface area contributed by atoms with Crippen molar-refractivity contribution < 1.29 is 9.53 Å². The lowest BCUT2D eigenvalue weighted by molar-refractivity contribution is -0.131. The predicted octanol–water partition coefficient (Wildman–Crippen LogP) is 1.06. The molecule has 0 aromatic carbocycles. The van der Waals surface area contributed by atoms with Crippen LogP contribution in [0.15, 0.2) is 24.4 Å². The maximum absolute atomic E-state index is 12.3. The zero-order valence-corrected chi connectivity index (χ0v) is 14.1. The van der Waals surface area contributed by atoms with Crippen molar-refractivity contribution in [1.82, 2.24) is 14.8 Å². The molecule has 3 fully saturated rings. The van der Waals surface area contributed by atoms with Crippen LogP contribution in [0.2, 0.25) is 0 Å². The standard InChI is InChI=1S/C18H26N4O2/c23-18(22-7-3-4-8-22)12-21-10-15-14(13-24-16(15)11-21)9-20-17-5-1-2-6-19-17/h1-2,5-6,14-16H,3-4,7-13H2,(H,19,20)/t14-,15+,16+/m0/s1. The molecule has 6 heteroatoms. The number of aromatic nitrogens is 1. The van der Waals surface area contributed by atoms with Gasteiger partial charge >= 0.3 is 0 Å². The smallest absolute Gasteiger partial charge is 0.236 e. The van der Waals surface area contributed by atoms with E-state index >= 15 is 0 Å². The Labute approximate surface area is 143 Å². The summed E-state index contributed by atoms with van der Waals surface area (Å²) < 4.78 is 5.99. The van der Waals surface area contributed by atoms with Gasteiger partial charge in [0.15, 0.2) is 0 Å². The second-order valence-corrected chi connectivity index (χ2v) is 7.17. The first-order valence-electron chi connectivity index (χ1n) is 9.06. The van der Waals surface area contributed by atoms with Crippen LogP contribution in [0.5, 0.6) is 0 Å². The molecule has 0 aliphatic carbocycles. The SMILES string of the molecule is O=C(CN1C[C@@H]2[C@@H](CNc3ccccn3)CO[C@@H]2C1)N1CCCC1. The summed E-state index contributed by atoms with van der Waals surface area (Å²) >= 11 is 0. The van der Waals surface area contributed by atoms with Gasteiger partial charge in [0.05, 0.1) is 19.3 Å². The highest BCUT2D eigenvalue weighted by Gasteiger charge is 2.44. The number of pyridine rings is 1. The van der Waals surface area contributed by atoms with E-state index < -0.39 is 0 Å². The molecule has 4 heterocycles. The summed E-state index contributed by atoms with van der Waals surface area (Å²) in [5, 5.41) is 3.41. The number of nitrogens with zero attached hydrogens (tertiary/aromatic N) is 3. The Balaban J connectivity index is 1.27. The average Bonchev–Trinajstić information content (AvgIpc) is 3.31. The number of hydrogen-bond donors (Lipinski definition) is 1. The molecule has 4 rings (SSSR count). The first kappa shape index (κ1) is 15.8. The average molecular weight is 330 g/mol. The number of likely N-dealkylation sites (tertiary alicyclic amines) is 2. The van der Waals surface area contributed by atoms with Gasteiger partial charge in [-0.15, -0.1) is 0 Å². The molecule has 0 unspecified atom stereocenters. The van der Waals surface area contributed by atoms with E-state index in [1.165, 1.54) is 0 Å². The molecule has 3 saturated heterocycles. The van der Waals surface area contributed by atoms with Crippen LogP contribution in [0, 0.1) is 11.8 Å². The van der Waals surface area contributed by atoms with Crippen LogP contribution in [0.25, 0.3) is 0 Å². The zero-order valence-electron chi connectivity index (χ0n) is 14.1. The van der Waals surface area contributed by atoms with E-state index in [9.17, 15) is 4.79 Å². The van der Waals surface area contributed by atoms with Gasteiger partial charge in [0.2, 0.25) is 5.91 Å². The lowest BCUT2D eigenvalue weighted by Crippen LogP contribution is -2.39. The minimum atomic E-state index is 0.284. The van der Waals surface area contributed by atoms with Crippen LogP contribution in [0.4, 0.5) is 5.82 Å². The normalized spacial score (nSPS) is 29.8. The van der Waals surface area contributed by atoms with Gasteiger partial charge < -0.3 is 15.0 Å². The maximum Gasteiger partial charge on any atom is 0.236 e. The molecule has 1 aromatic rings. The van der Waals surface area contributed by atoms with E-state index in [0.717, 1.165) is 58.0 Å². The summed E-state index contributed by atoms with van der Waals surface area (Å²) in [4.78, 5) is 20.9. The first-order chi connectivity index (χ1) is 11.8. The molecule has 6 nitrogen and oxygen atoms in total. The van der Waals surface area contributed by atoms with Gasteiger partial charge in [0.1, 0.15) is 5.82 Å². The quantitative estimate of drug-likeness (QED) is 0.875. The number of carbonyl (C=O) groups is 1. The van der Waals surface area contributed by atoms with Crippen molar-refractivity contribution in [3.05, 3.63) is 24.4 Å². The topological polar surface area (TPSA) is 57.7 Å². The summed E-state index contributed by atoms with van der Waals surface area (Å²) in [6.45, 7) is 5.98. The number of amides is 1. The number of anilines is 1. The van der Waals surface area contributed by atoms with Crippen LogP contribution < -0.4 is 5.32 Å². The molecule has 0 spiro atoms. The van der Waals surface area contributed by atoms with E-state index in [1.807, 2.05) is 23.1 Å². The lowest BCUT2D eigenvalue weighted by Gasteiger charge is -2.22. The third-order valence-corrected chi connectivity index (χ3v) is 5.54. The van der Waals surface area contributed by atoms with E-state index in [4.69, 9.17) is 4.74 Å². The van der Waals surface area contributed by atoms with Gasteiger partial charge in [-0.2, -0.15) is 0 Å². The highest BCUT2D eigenvalue weighted by molar-refractivity contribution is 5.78. The fourth-order valence-electron chi connectivity index (χ4n) is 4.18. The minimum absolute atomic E-state index is 0.284. The van der Waals surface area contributed by atoms with Crippen LogP contribution >= 0.6 is 0 Å². The van der Waals surface area contributed by atoms with Crippen molar-refractivity contribution in [3.63, 3.8) is 0 Å². The van der Waals surface area contributed by atoms with Gasteiger partial charge in [0, 0.05) is 50.8 Å². The highest BCUT2D eigenvalue weighted by atomic mass is 16.5. The molecule has 0 bridgehead atoms.